The molecule has 1 amide bonds. The molecule has 0 saturated heterocycles. The molecule has 22 heavy (non-hydrogen) atoms. The number of nitrogens with one attached hydrogen (secondary N) is 2. The van der Waals surface area contributed by atoms with Gasteiger partial charge in [0.25, 0.3) is 0 Å². The predicted octanol–water partition coefficient (Wildman–Crippen LogP) is 2.54. The Morgan fingerprint density at radius 1 is 1.27 bits per heavy atom. The second-order valence-corrected chi connectivity index (χ2v) is 6.19. The average molecular weight is 304 g/mol. The lowest BCUT2D eigenvalue weighted by Gasteiger charge is -2.29. The largest absolute Gasteiger partial charge is 0.496 e. The third kappa shape index (κ3) is 3.43. The van der Waals surface area contributed by atoms with E-state index in [2.05, 4.69) is 22.8 Å². The zero-order valence-corrected chi connectivity index (χ0v) is 14.0. The van der Waals surface area contributed by atoms with E-state index in [0.29, 0.717) is 0 Å². The van der Waals surface area contributed by atoms with Gasteiger partial charge in [0.1, 0.15) is 5.75 Å². The number of carbonyl (C=O) groups is 1. The molecule has 0 atom stereocenters. The molecular formula is C18H28N2O2. The fraction of sp³-hybridized carbons (Fsp3) is 0.611. The highest BCUT2D eigenvalue weighted by Crippen LogP contribution is 2.42. The molecule has 1 saturated carbocycles. The van der Waals surface area contributed by atoms with Crippen LogP contribution in [0.3, 0.4) is 0 Å². The van der Waals surface area contributed by atoms with Gasteiger partial charge in [0, 0.05) is 6.54 Å². The van der Waals surface area contributed by atoms with Crippen molar-refractivity contribution in [2.75, 3.05) is 27.2 Å². The molecule has 1 aromatic carbocycles. The molecule has 0 radical (unpaired) electrons. The summed E-state index contributed by atoms with van der Waals surface area (Å²) in [5.74, 6) is 1.04. The summed E-state index contributed by atoms with van der Waals surface area (Å²) in [5.41, 5.74) is 1.83. The Hall–Kier alpha value is -1.55. The van der Waals surface area contributed by atoms with Crippen LogP contribution >= 0.6 is 0 Å². The van der Waals surface area contributed by atoms with Crippen LogP contribution in [0.25, 0.3) is 0 Å². The normalized spacial score (nSPS) is 16.5. The van der Waals surface area contributed by atoms with Crippen molar-refractivity contribution in [2.24, 2.45) is 0 Å². The molecule has 122 valence electrons. The van der Waals surface area contributed by atoms with Gasteiger partial charge in [-0.2, -0.15) is 0 Å². The van der Waals surface area contributed by atoms with Gasteiger partial charge in [0.05, 0.1) is 12.5 Å². The molecule has 4 heteroatoms. The van der Waals surface area contributed by atoms with Gasteiger partial charge in [-0.05, 0) is 57.0 Å². The molecule has 0 unspecified atom stereocenters. The van der Waals surface area contributed by atoms with Crippen molar-refractivity contribution in [1.29, 1.82) is 0 Å². The molecule has 1 aliphatic rings. The average Bonchev–Trinajstić information content (AvgIpc) is 3.02. The van der Waals surface area contributed by atoms with E-state index in [1.807, 2.05) is 20.0 Å². The molecule has 0 aromatic heterocycles. The Balaban J connectivity index is 2.19. The van der Waals surface area contributed by atoms with E-state index in [-0.39, 0.29) is 11.3 Å². The smallest absolute Gasteiger partial charge is 0.230 e. The lowest BCUT2D eigenvalue weighted by Crippen LogP contribution is -2.43. The van der Waals surface area contributed by atoms with Gasteiger partial charge in [-0.3, -0.25) is 4.79 Å². The maximum Gasteiger partial charge on any atom is 0.230 e. The molecule has 0 bridgehead atoms. The Kier molecular flexibility index (Phi) is 5.83. The van der Waals surface area contributed by atoms with E-state index in [9.17, 15) is 4.79 Å². The zero-order valence-electron chi connectivity index (χ0n) is 14.0. The van der Waals surface area contributed by atoms with Crippen LogP contribution < -0.4 is 15.4 Å². The van der Waals surface area contributed by atoms with Gasteiger partial charge in [0.2, 0.25) is 5.91 Å². The first-order valence-corrected chi connectivity index (χ1v) is 8.22. The minimum atomic E-state index is -0.374. The van der Waals surface area contributed by atoms with Crippen LogP contribution in [0.5, 0.6) is 5.75 Å². The first-order chi connectivity index (χ1) is 10.6. The lowest BCUT2D eigenvalue weighted by molar-refractivity contribution is -0.126. The Bertz CT molecular complexity index is 508. The maximum absolute atomic E-state index is 12.8. The van der Waals surface area contributed by atoms with Crippen LogP contribution in [0.15, 0.2) is 18.2 Å². The molecule has 2 rings (SSSR count). The standard InChI is InChI=1S/C18H28N2O2/c1-14-7-8-15(13-16(14)22-3)18(9-4-5-10-18)17(21)20-12-6-11-19-2/h7-8,13,19H,4-6,9-12H2,1-3H3,(H,20,21). The van der Waals surface area contributed by atoms with E-state index in [4.69, 9.17) is 4.74 Å². The Morgan fingerprint density at radius 2 is 2.00 bits per heavy atom. The Morgan fingerprint density at radius 3 is 2.64 bits per heavy atom. The summed E-state index contributed by atoms with van der Waals surface area (Å²) in [6.07, 6.45) is 5.03. The van der Waals surface area contributed by atoms with Crippen molar-refractivity contribution in [3.8, 4) is 5.75 Å². The molecule has 1 aliphatic carbocycles. The fourth-order valence-electron chi connectivity index (χ4n) is 3.38. The summed E-state index contributed by atoms with van der Waals surface area (Å²) in [6, 6.07) is 6.20. The quantitative estimate of drug-likeness (QED) is 0.761. The number of amides is 1. The van der Waals surface area contributed by atoms with E-state index < -0.39 is 0 Å². The fourth-order valence-corrected chi connectivity index (χ4v) is 3.38. The molecule has 0 heterocycles. The topological polar surface area (TPSA) is 50.4 Å². The molecule has 0 aliphatic heterocycles. The van der Waals surface area contributed by atoms with Gasteiger partial charge >= 0.3 is 0 Å². The second-order valence-electron chi connectivity index (χ2n) is 6.19. The van der Waals surface area contributed by atoms with Crippen LogP contribution in [0.2, 0.25) is 0 Å². The summed E-state index contributed by atoms with van der Waals surface area (Å²) in [5, 5.41) is 6.24. The number of hydrogen-bond donors (Lipinski definition) is 2. The summed E-state index contributed by atoms with van der Waals surface area (Å²) in [6.45, 7) is 3.68. The minimum Gasteiger partial charge on any atom is -0.496 e. The highest BCUT2D eigenvalue weighted by Gasteiger charge is 2.42. The number of methoxy groups -OCH3 is 1. The van der Waals surface area contributed by atoms with Gasteiger partial charge in [-0.25, -0.2) is 0 Å². The number of hydrogen-bond acceptors (Lipinski definition) is 3. The minimum absolute atomic E-state index is 0.173. The maximum atomic E-state index is 12.8. The summed E-state index contributed by atoms with van der Waals surface area (Å²) in [4.78, 5) is 12.8. The van der Waals surface area contributed by atoms with Gasteiger partial charge in [-0.15, -0.1) is 0 Å². The number of benzene rings is 1. The first-order valence-electron chi connectivity index (χ1n) is 8.22. The van der Waals surface area contributed by atoms with E-state index in [1.165, 1.54) is 0 Å². The highest BCUT2D eigenvalue weighted by molar-refractivity contribution is 5.88. The van der Waals surface area contributed by atoms with E-state index in [0.717, 1.165) is 62.1 Å². The van der Waals surface area contributed by atoms with Crippen molar-refractivity contribution < 1.29 is 9.53 Å². The molecular weight excluding hydrogens is 276 g/mol. The molecule has 4 nitrogen and oxygen atoms in total. The van der Waals surface area contributed by atoms with Gasteiger partial charge in [-0.1, -0.05) is 25.0 Å². The number of carbonyl (C=O) groups excluding carboxylic acids is 1. The highest BCUT2D eigenvalue weighted by atomic mass is 16.5. The molecule has 1 aromatic rings. The SMILES string of the molecule is CNCCCNC(=O)C1(c2ccc(C)c(OC)c2)CCCC1. The van der Waals surface area contributed by atoms with Gasteiger partial charge in [0.15, 0.2) is 0 Å². The van der Waals surface area contributed by atoms with Crippen LogP contribution in [0.4, 0.5) is 0 Å². The molecule has 2 N–H and O–H groups in total. The summed E-state index contributed by atoms with van der Waals surface area (Å²) >= 11 is 0. The van der Waals surface area contributed by atoms with Crippen LogP contribution in [-0.2, 0) is 10.2 Å². The third-order valence-corrected chi connectivity index (χ3v) is 4.74. The van der Waals surface area contributed by atoms with Crippen molar-refractivity contribution in [3.63, 3.8) is 0 Å². The van der Waals surface area contributed by atoms with Crippen LogP contribution in [-0.4, -0.2) is 33.2 Å². The third-order valence-electron chi connectivity index (χ3n) is 4.74. The number of ether oxygens (including phenoxy) is 1. The van der Waals surface area contributed by atoms with Crippen molar-refractivity contribution in [3.05, 3.63) is 29.3 Å². The predicted molar refractivity (Wildman–Crippen MR) is 89.4 cm³/mol. The Labute approximate surface area is 133 Å². The van der Waals surface area contributed by atoms with Crippen molar-refractivity contribution in [1.82, 2.24) is 10.6 Å². The van der Waals surface area contributed by atoms with Crippen molar-refractivity contribution >= 4 is 5.91 Å². The zero-order chi connectivity index (χ0) is 16.0. The monoisotopic (exact) mass is 304 g/mol. The summed E-state index contributed by atoms with van der Waals surface area (Å²) < 4.78 is 5.44. The van der Waals surface area contributed by atoms with Gasteiger partial charge < -0.3 is 15.4 Å². The van der Waals surface area contributed by atoms with Crippen molar-refractivity contribution in [2.45, 2.75) is 44.4 Å². The number of rotatable bonds is 7. The first kappa shape index (κ1) is 16.8. The van der Waals surface area contributed by atoms with Crippen LogP contribution in [0, 0.1) is 6.92 Å². The lowest BCUT2D eigenvalue weighted by atomic mass is 9.77. The summed E-state index contributed by atoms with van der Waals surface area (Å²) in [7, 11) is 3.62. The van der Waals surface area contributed by atoms with Crippen LogP contribution in [0.1, 0.15) is 43.2 Å². The molecule has 1 fully saturated rings. The molecule has 0 spiro atoms. The number of aryl methyl sites for hydroxylation is 1. The second kappa shape index (κ2) is 7.63. The van der Waals surface area contributed by atoms with E-state index in [1.54, 1.807) is 7.11 Å². The van der Waals surface area contributed by atoms with E-state index >= 15 is 0 Å².